The van der Waals surface area contributed by atoms with E-state index in [1.165, 1.54) is 15.4 Å². The Morgan fingerprint density at radius 1 is 1.17 bits per heavy atom. The van der Waals surface area contributed by atoms with E-state index in [9.17, 15) is 0 Å². The maximum atomic E-state index is 9.07. The summed E-state index contributed by atoms with van der Waals surface area (Å²) in [5.74, 6) is 0. The zero-order valence-corrected chi connectivity index (χ0v) is 15.6. The molecule has 4 heteroatoms. The van der Waals surface area contributed by atoms with Gasteiger partial charge in [-0.25, -0.2) is 4.98 Å². The SMILES string of the molecule is Cc1nc(C(C)(C)C)sc1C(C)NCCc1ccc(CO)cc1. The molecule has 1 aromatic carbocycles. The number of aryl methyl sites for hydroxylation is 1. The van der Waals surface area contributed by atoms with E-state index in [0.717, 1.165) is 24.2 Å². The molecule has 0 saturated heterocycles. The summed E-state index contributed by atoms with van der Waals surface area (Å²) in [6.45, 7) is 12.0. The second kappa shape index (κ2) is 7.56. The smallest absolute Gasteiger partial charge is 0.0985 e. The van der Waals surface area contributed by atoms with E-state index < -0.39 is 0 Å². The molecule has 1 atom stereocenters. The molecule has 3 nitrogen and oxygen atoms in total. The Labute approximate surface area is 143 Å². The minimum Gasteiger partial charge on any atom is -0.392 e. The highest BCUT2D eigenvalue weighted by molar-refractivity contribution is 7.12. The number of thiazole rings is 1. The lowest BCUT2D eigenvalue weighted by atomic mass is 9.98. The summed E-state index contributed by atoms with van der Waals surface area (Å²) < 4.78 is 0. The number of hydrogen-bond acceptors (Lipinski definition) is 4. The van der Waals surface area contributed by atoms with Crippen LogP contribution in [-0.4, -0.2) is 16.6 Å². The number of aliphatic hydroxyl groups is 1. The topological polar surface area (TPSA) is 45.2 Å². The zero-order chi connectivity index (χ0) is 17.0. The fourth-order valence-corrected chi connectivity index (χ4v) is 3.62. The van der Waals surface area contributed by atoms with Crippen molar-refractivity contribution in [3.05, 3.63) is 51.0 Å². The molecule has 0 amide bonds. The van der Waals surface area contributed by atoms with E-state index in [0.29, 0.717) is 6.04 Å². The molecule has 2 N–H and O–H groups in total. The number of benzene rings is 1. The van der Waals surface area contributed by atoms with Gasteiger partial charge in [0.1, 0.15) is 0 Å². The second-order valence-corrected chi connectivity index (χ2v) is 8.15. The number of nitrogens with one attached hydrogen (secondary N) is 1. The van der Waals surface area contributed by atoms with Gasteiger partial charge in [0.2, 0.25) is 0 Å². The average Bonchev–Trinajstić information content (AvgIpc) is 2.90. The van der Waals surface area contributed by atoms with Gasteiger partial charge in [-0.3, -0.25) is 0 Å². The van der Waals surface area contributed by atoms with Crippen molar-refractivity contribution >= 4 is 11.3 Å². The Hall–Kier alpha value is -1.23. The first-order valence-corrected chi connectivity index (χ1v) is 9.02. The molecule has 1 unspecified atom stereocenters. The summed E-state index contributed by atoms with van der Waals surface area (Å²) in [5, 5.41) is 13.9. The predicted octanol–water partition coefficient (Wildman–Crippen LogP) is 4.13. The van der Waals surface area contributed by atoms with Crippen molar-refractivity contribution in [1.82, 2.24) is 10.3 Å². The van der Waals surface area contributed by atoms with Gasteiger partial charge < -0.3 is 10.4 Å². The highest BCUT2D eigenvalue weighted by atomic mass is 32.1. The molecule has 1 aromatic heterocycles. The van der Waals surface area contributed by atoms with E-state index >= 15 is 0 Å². The van der Waals surface area contributed by atoms with Crippen LogP contribution in [0.4, 0.5) is 0 Å². The molecule has 0 aliphatic rings. The average molecular weight is 333 g/mol. The van der Waals surface area contributed by atoms with Crippen LogP contribution >= 0.6 is 11.3 Å². The van der Waals surface area contributed by atoms with Gasteiger partial charge in [0.05, 0.1) is 17.3 Å². The molecule has 0 saturated carbocycles. The van der Waals surface area contributed by atoms with Gasteiger partial charge in [0.25, 0.3) is 0 Å². The van der Waals surface area contributed by atoms with Crippen molar-refractivity contribution in [3.8, 4) is 0 Å². The van der Waals surface area contributed by atoms with Crippen LogP contribution < -0.4 is 5.32 Å². The van der Waals surface area contributed by atoms with Gasteiger partial charge in [-0.2, -0.15) is 0 Å². The van der Waals surface area contributed by atoms with Crippen molar-refractivity contribution in [2.75, 3.05) is 6.54 Å². The standard InChI is InChI=1S/C19H28N2OS/c1-13(17-14(2)21-18(23-17)19(3,4)5)20-11-10-15-6-8-16(12-22)9-7-15/h6-9,13,20,22H,10-12H2,1-5H3. The lowest BCUT2D eigenvalue weighted by Gasteiger charge is -2.14. The lowest BCUT2D eigenvalue weighted by molar-refractivity contribution is 0.282. The summed E-state index contributed by atoms with van der Waals surface area (Å²) in [6, 6.07) is 8.48. The van der Waals surface area contributed by atoms with E-state index in [1.807, 2.05) is 23.5 Å². The van der Waals surface area contributed by atoms with Crippen LogP contribution in [0.15, 0.2) is 24.3 Å². The molecule has 0 fully saturated rings. The van der Waals surface area contributed by atoms with Crippen LogP contribution in [0, 0.1) is 6.92 Å². The van der Waals surface area contributed by atoms with Crippen molar-refractivity contribution in [2.45, 2.75) is 59.1 Å². The third-order valence-electron chi connectivity index (χ3n) is 3.94. The minimum atomic E-state index is 0.107. The molecule has 0 aliphatic heterocycles. The third kappa shape index (κ3) is 4.87. The van der Waals surface area contributed by atoms with E-state index in [-0.39, 0.29) is 12.0 Å². The van der Waals surface area contributed by atoms with Crippen LogP contribution in [-0.2, 0) is 18.4 Å². The molecule has 1 heterocycles. The molecular formula is C19H28N2OS. The minimum absolute atomic E-state index is 0.107. The number of nitrogens with zero attached hydrogens (tertiary/aromatic N) is 1. The Balaban J connectivity index is 1.91. The highest BCUT2D eigenvalue weighted by Gasteiger charge is 2.22. The first-order chi connectivity index (χ1) is 10.8. The van der Waals surface area contributed by atoms with Crippen molar-refractivity contribution in [1.29, 1.82) is 0 Å². The van der Waals surface area contributed by atoms with Crippen LogP contribution in [0.5, 0.6) is 0 Å². The quantitative estimate of drug-likeness (QED) is 0.836. The molecule has 0 bridgehead atoms. The Kier molecular flexibility index (Phi) is 5.95. The summed E-state index contributed by atoms with van der Waals surface area (Å²) in [5.41, 5.74) is 3.51. The van der Waals surface area contributed by atoms with Gasteiger partial charge in [-0.1, -0.05) is 45.0 Å². The molecule has 2 rings (SSSR count). The molecule has 0 aliphatic carbocycles. The largest absolute Gasteiger partial charge is 0.392 e. The molecule has 23 heavy (non-hydrogen) atoms. The van der Waals surface area contributed by atoms with Crippen LogP contribution in [0.25, 0.3) is 0 Å². The second-order valence-electron chi connectivity index (χ2n) is 7.12. The Bertz CT molecular complexity index is 626. The maximum absolute atomic E-state index is 9.07. The van der Waals surface area contributed by atoms with Crippen LogP contribution in [0.3, 0.4) is 0 Å². The predicted molar refractivity (Wildman–Crippen MR) is 98.0 cm³/mol. The van der Waals surface area contributed by atoms with Crippen molar-refractivity contribution < 1.29 is 5.11 Å². The van der Waals surface area contributed by atoms with Gasteiger partial charge in [0, 0.05) is 16.3 Å². The third-order valence-corrected chi connectivity index (χ3v) is 5.70. The lowest BCUT2D eigenvalue weighted by Crippen LogP contribution is -2.21. The Morgan fingerprint density at radius 2 is 1.78 bits per heavy atom. The van der Waals surface area contributed by atoms with Crippen molar-refractivity contribution in [3.63, 3.8) is 0 Å². The monoisotopic (exact) mass is 332 g/mol. The summed E-state index contributed by atoms with van der Waals surface area (Å²) in [6.07, 6.45) is 0.986. The van der Waals surface area contributed by atoms with E-state index in [4.69, 9.17) is 10.1 Å². The summed E-state index contributed by atoms with van der Waals surface area (Å²) in [4.78, 5) is 6.08. The summed E-state index contributed by atoms with van der Waals surface area (Å²) >= 11 is 1.82. The van der Waals surface area contributed by atoms with Gasteiger partial charge in [-0.05, 0) is 37.9 Å². The van der Waals surface area contributed by atoms with E-state index in [1.54, 1.807) is 0 Å². The highest BCUT2D eigenvalue weighted by Crippen LogP contribution is 2.32. The fourth-order valence-electron chi connectivity index (χ4n) is 2.47. The van der Waals surface area contributed by atoms with Crippen molar-refractivity contribution in [2.24, 2.45) is 0 Å². The van der Waals surface area contributed by atoms with E-state index in [2.05, 4.69) is 52.1 Å². The molecule has 126 valence electrons. The maximum Gasteiger partial charge on any atom is 0.0985 e. The zero-order valence-electron chi connectivity index (χ0n) is 14.8. The number of aliphatic hydroxyl groups excluding tert-OH is 1. The molecule has 2 aromatic rings. The first kappa shape index (κ1) is 18.1. The fraction of sp³-hybridized carbons (Fsp3) is 0.526. The first-order valence-electron chi connectivity index (χ1n) is 8.21. The molecule has 0 radical (unpaired) electrons. The van der Waals surface area contributed by atoms with Crippen LogP contribution in [0.2, 0.25) is 0 Å². The molecule has 0 spiro atoms. The number of aromatic nitrogens is 1. The van der Waals surface area contributed by atoms with Crippen LogP contribution in [0.1, 0.15) is 60.4 Å². The summed E-state index contributed by atoms with van der Waals surface area (Å²) in [7, 11) is 0. The molecular weight excluding hydrogens is 304 g/mol. The number of hydrogen-bond donors (Lipinski definition) is 2. The Morgan fingerprint density at radius 3 is 2.30 bits per heavy atom. The van der Waals surface area contributed by atoms with Gasteiger partial charge >= 0.3 is 0 Å². The van der Waals surface area contributed by atoms with Gasteiger partial charge in [0.15, 0.2) is 0 Å². The normalized spacial score (nSPS) is 13.3. The number of rotatable bonds is 6. The van der Waals surface area contributed by atoms with Gasteiger partial charge in [-0.15, -0.1) is 11.3 Å².